The highest BCUT2D eigenvalue weighted by molar-refractivity contribution is 4.48. The Balaban J connectivity index is 2.81. The van der Waals surface area contributed by atoms with Gasteiger partial charge in [-0.1, -0.05) is 36.0 Å². The molecule has 0 atom stereocenters. The first-order valence-electron chi connectivity index (χ1n) is 4.50. The molecule has 0 spiro atoms. The molecule has 70 valence electrons. The van der Waals surface area contributed by atoms with Crippen molar-refractivity contribution in [2.24, 2.45) is 10.4 Å². The molecule has 0 saturated heterocycles. The Morgan fingerprint density at radius 1 is 0.583 bits per heavy atom. The zero-order valence-electron chi connectivity index (χ0n) is 7.37. The van der Waals surface area contributed by atoms with E-state index < -0.39 is 0 Å². The number of nitroso groups, excluding NO2 is 2. The molecular formula is C8H16N2O2. The standard InChI is InChI=1S/C8H16N2O2/c11-9-7-5-3-1-2-4-6-8-10-12/h1-8H2. The summed E-state index contributed by atoms with van der Waals surface area (Å²) < 4.78 is 0. The van der Waals surface area contributed by atoms with Crippen LogP contribution in [-0.4, -0.2) is 13.1 Å². The minimum atomic E-state index is 0.440. The topological polar surface area (TPSA) is 58.9 Å². The summed E-state index contributed by atoms with van der Waals surface area (Å²) in [4.78, 5) is 19.4. The summed E-state index contributed by atoms with van der Waals surface area (Å²) >= 11 is 0. The van der Waals surface area contributed by atoms with Crippen LogP contribution in [0, 0.1) is 9.81 Å². The summed E-state index contributed by atoms with van der Waals surface area (Å²) in [5.41, 5.74) is 0. The quantitative estimate of drug-likeness (QED) is 0.396. The van der Waals surface area contributed by atoms with Crippen molar-refractivity contribution in [1.82, 2.24) is 0 Å². The van der Waals surface area contributed by atoms with Gasteiger partial charge in [-0.2, -0.15) is 9.81 Å². The van der Waals surface area contributed by atoms with Crippen LogP contribution in [0.4, 0.5) is 0 Å². The van der Waals surface area contributed by atoms with E-state index in [0.29, 0.717) is 13.1 Å². The number of hydrogen-bond acceptors (Lipinski definition) is 4. The summed E-state index contributed by atoms with van der Waals surface area (Å²) in [6.07, 6.45) is 6.20. The molecule has 0 aromatic rings. The third-order valence-electron chi connectivity index (χ3n) is 1.75. The summed E-state index contributed by atoms with van der Waals surface area (Å²) in [6, 6.07) is 0. The minimum Gasteiger partial charge on any atom is -0.151 e. The Morgan fingerprint density at radius 3 is 1.25 bits per heavy atom. The molecule has 0 heterocycles. The van der Waals surface area contributed by atoms with Crippen LogP contribution in [0.5, 0.6) is 0 Å². The van der Waals surface area contributed by atoms with E-state index in [-0.39, 0.29) is 0 Å². The predicted octanol–water partition coefficient (Wildman–Crippen LogP) is 2.86. The van der Waals surface area contributed by atoms with Gasteiger partial charge in [-0.15, -0.1) is 0 Å². The van der Waals surface area contributed by atoms with Crippen LogP contribution < -0.4 is 0 Å². The Hall–Kier alpha value is -0.800. The Bertz CT molecular complexity index is 104. The Labute approximate surface area is 72.7 Å². The predicted molar refractivity (Wildman–Crippen MR) is 49.0 cm³/mol. The molecule has 0 aromatic heterocycles. The molecule has 0 bridgehead atoms. The molecule has 0 aromatic carbocycles. The van der Waals surface area contributed by atoms with Gasteiger partial charge >= 0.3 is 0 Å². The van der Waals surface area contributed by atoms with Gasteiger partial charge in [0.25, 0.3) is 0 Å². The summed E-state index contributed by atoms with van der Waals surface area (Å²) in [5, 5.41) is 5.55. The average Bonchev–Trinajstić information content (AvgIpc) is 2.10. The molecular weight excluding hydrogens is 156 g/mol. The molecule has 0 saturated carbocycles. The molecule has 0 unspecified atom stereocenters. The zero-order chi connectivity index (χ0) is 9.07. The van der Waals surface area contributed by atoms with E-state index in [4.69, 9.17) is 0 Å². The smallest absolute Gasteiger partial charge is 0.0811 e. The van der Waals surface area contributed by atoms with Crippen molar-refractivity contribution < 1.29 is 0 Å². The van der Waals surface area contributed by atoms with Gasteiger partial charge in [-0.3, -0.25) is 0 Å². The first-order chi connectivity index (χ1) is 5.91. The fourth-order valence-electron chi connectivity index (χ4n) is 1.06. The van der Waals surface area contributed by atoms with Gasteiger partial charge in [0.15, 0.2) is 0 Å². The first kappa shape index (κ1) is 11.2. The van der Waals surface area contributed by atoms with E-state index in [0.717, 1.165) is 38.5 Å². The van der Waals surface area contributed by atoms with Crippen molar-refractivity contribution in [3.63, 3.8) is 0 Å². The van der Waals surface area contributed by atoms with Crippen LogP contribution >= 0.6 is 0 Å². The number of hydrogen-bond donors (Lipinski definition) is 0. The maximum absolute atomic E-state index is 9.68. The van der Waals surface area contributed by atoms with E-state index in [9.17, 15) is 9.81 Å². The zero-order valence-corrected chi connectivity index (χ0v) is 7.37. The molecule has 0 amide bonds. The van der Waals surface area contributed by atoms with E-state index in [1.807, 2.05) is 0 Å². The Morgan fingerprint density at radius 2 is 0.917 bits per heavy atom. The average molecular weight is 172 g/mol. The molecule has 0 aliphatic rings. The highest BCUT2D eigenvalue weighted by Crippen LogP contribution is 2.05. The summed E-state index contributed by atoms with van der Waals surface area (Å²) in [6.45, 7) is 0.881. The van der Waals surface area contributed by atoms with Crippen molar-refractivity contribution in [2.75, 3.05) is 13.1 Å². The van der Waals surface area contributed by atoms with E-state index >= 15 is 0 Å². The molecule has 0 N–H and O–H groups in total. The molecule has 0 rings (SSSR count). The summed E-state index contributed by atoms with van der Waals surface area (Å²) in [5.74, 6) is 0. The highest BCUT2D eigenvalue weighted by Gasteiger charge is 1.90. The lowest BCUT2D eigenvalue weighted by atomic mass is 10.1. The van der Waals surface area contributed by atoms with E-state index in [2.05, 4.69) is 10.4 Å². The van der Waals surface area contributed by atoms with E-state index in [1.54, 1.807) is 0 Å². The molecule has 12 heavy (non-hydrogen) atoms. The van der Waals surface area contributed by atoms with Crippen LogP contribution in [0.25, 0.3) is 0 Å². The maximum atomic E-state index is 9.68. The van der Waals surface area contributed by atoms with Crippen molar-refractivity contribution >= 4 is 0 Å². The van der Waals surface area contributed by atoms with Gasteiger partial charge in [0, 0.05) is 0 Å². The van der Waals surface area contributed by atoms with Crippen molar-refractivity contribution in [2.45, 2.75) is 38.5 Å². The van der Waals surface area contributed by atoms with Gasteiger partial charge in [0.1, 0.15) is 0 Å². The summed E-state index contributed by atoms with van der Waals surface area (Å²) in [7, 11) is 0. The van der Waals surface area contributed by atoms with Gasteiger partial charge in [0.2, 0.25) is 0 Å². The first-order valence-corrected chi connectivity index (χ1v) is 4.50. The van der Waals surface area contributed by atoms with E-state index in [1.165, 1.54) is 0 Å². The van der Waals surface area contributed by atoms with Crippen LogP contribution in [0.3, 0.4) is 0 Å². The lowest BCUT2D eigenvalue weighted by Crippen LogP contribution is -1.84. The van der Waals surface area contributed by atoms with Gasteiger partial charge in [-0.05, 0) is 12.8 Å². The number of rotatable bonds is 9. The SMILES string of the molecule is O=NCCCCCCCCN=O. The van der Waals surface area contributed by atoms with Crippen LogP contribution in [0.2, 0.25) is 0 Å². The fourth-order valence-corrected chi connectivity index (χ4v) is 1.06. The second-order valence-corrected chi connectivity index (χ2v) is 2.83. The monoisotopic (exact) mass is 172 g/mol. The molecule has 0 aliphatic carbocycles. The fraction of sp³-hybridized carbons (Fsp3) is 1.00. The van der Waals surface area contributed by atoms with Crippen molar-refractivity contribution in [3.05, 3.63) is 9.81 Å². The van der Waals surface area contributed by atoms with Gasteiger partial charge < -0.3 is 0 Å². The van der Waals surface area contributed by atoms with Crippen molar-refractivity contribution in [1.29, 1.82) is 0 Å². The van der Waals surface area contributed by atoms with Crippen LogP contribution in [0.15, 0.2) is 10.4 Å². The largest absolute Gasteiger partial charge is 0.151 e. The van der Waals surface area contributed by atoms with Crippen LogP contribution in [0.1, 0.15) is 38.5 Å². The van der Waals surface area contributed by atoms with Gasteiger partial charge in [0.05, 0.1) is 13.1 Å². The third-order valence-corrected chi connectivity index (χ3v) is 1.75. The van der Waals surface area contributed by atoms with Crippen LogP contribution in [-0.2, 0) is 0 Å². The lowest BCUT2D eigenvalue weighted by molar-refractivity contribution is 0.601. The molecule has 0 aliphatic heterocycles. The van der Waals surface area contributed by atoms with Crippen molar-refractivity contribution in [3.8, 4) is 0 Å². The molecule has 4 nitrogen and oxygen atoms in total. The maximum Gasteiger partial charge on any atom is 0.0811 e. The second kappa shape index (κ2) is 10.2. The highest BCUT2D eigenvalue weighted by atomic mass is 16.3. The normalized spacial score (nSPS) is 9.67. The molecule has 0 radical (unpaired) electrons. The molecule has 4 heteroatoms. The Kier molecular flexibility index (Phi) is 9.52. The minimum absolute atomic E-state index is 0.440. The second-order valence-electron chi connectivity index (χ2n) is 2.83. The lowest BCUT2D eigenvalue weighted by Gasteiger charge is -1.96. The number of nitrogens with zero attached hydrogens (tertiary/aromatic N) is 2. The third kappa shape index (κ3) is 9.20. The number of unbranched alkanes of at least 4 members (excludes halogenated alkanes) is 5. The van der Waals surface area contributed by atoms with Gasteiger partial charge in [-0.25, -0.2) is 0 Å². The molecule has 0 fully saturated rings.